The molecule has 0 amide bonds. The summed E-state index contributed by atoms with van der Waals surface area (Å²) in [7, 11) is 2.96. The predicted octanol–water partition coefficient (Wildman–Crippen LogP) is 3.01. The summed E-state index contributed by atoms with van der Waals surface area (Å²) in [4.78, 5) is 38.5. The molecule has 2 aromatic carbocycles. The Bertz CT molecular complexity index is 2380. The Morgan fingerprint density at radius 3 is 2.28 bits per heavy atom. The van der Waals surface area contributed by atoms with Crippen molar-refractivity contribution in [2.24, 2.45) is 5.92 Å². The van der Waals surface area contributed by atoms with Gasteiger partial charge in [-0.1, -0.05) is 13.8 Å². The Morgan fingerprint density at radius 1 is 0.985 bits per heavy atom. The van der Waals surface area contributed by atoms with E-state index >= 15 is 0 Å². The van der Waals surface area contributed by atoms with Gasteiger partial charge in [-0.3, -0.25) is 14.4 Å². The summed E-state index contributed by atoms with van der Waals surface area (Å²) in [6, 6.07) is 1.81. The Labute approximate surface area is 374 Å². The highest BCUT2D eigenvalue weighted by molar-refractivity contribution is 6.13. The monoisotopic (exact) mass is 914 g/mol. The number of carbonyl (C=O) groups is 3. The molecule has 4 bridgehead atoms. The number of esters is 2. The smallest absolute Gasteiger partial charge is 0.303 e. The molecule has 12 unspecified atom stereocenters. The highest BCUT2D eigenvalue weighted by Crippen LogP contribution is 2.85. The first kappa shape index (κ1) is 45.1. The zero-order valence-electron chi connectivity index (χ0n) is 38.2. The van der Waals surface area contributed by atoms with E-state index in [1.54, 1.807) is 34.8 Å². The minimum absolute atomic E-state index is 0.0687. The van der Waals surface area contributed by atoms with E-state index in [4.69, 9.17) is 56.8 Å². The number of aromatic hydroxyl groups is 1. The van der Waals surface area contributed by atoms with Crippen LogP contribution in [0.5, 0.6) is 17.2 Å². The van der Waals surface area contributed by atoms with Crippen molar-refractivity contribution in [3.8, 4) is 17.2 Å². The van der Waals surface area contributed by atoms with Gasteiger partial charge < -0.3 is 77.3 Å². The Balaban J connectivity index is 1.11. The van der Waals surface area contributed by atoms with Crippen LogP contribution in [0.1, 0.15) is 114 Å². The number of hydrogen-bond acceptors (Lipinski definition) is 19. The number of fused-ring (bicyclic) bond motifs is 5. The molecular formula is C46H58O19. The topological polar surface area (TPSA) is 249 Å². The minimum Gasteiger partial charge on any atom is -0.506 e. The van der Waals surface area contributed by atoms with E-state index in [1.165, 1.54) is 27.9 Å². The van der Waals surface area contributed by atoms with Crippen molar-refractivity contribution in [3.63, 3.8) is 0 Å². The first-order valence-corrected chi connectivity index (χ1v) is 22.3. The Hall–Kier alpha value is -3.73. The third-order valence-electron chi connectivity index (χ3n) is 15.6. The van der Waals surface area contributed by atoms with Crippen LogP contribution in [0.4, 0.5) is 0 Å². The van der Waals surface area contributed by atoms with Gasteiger partial charge in [0.2, 0.25) is 5.79 Å². The maximum absolute atomic E-state index is 14.2. The molecule has 0 aromatic heterocycles. The zero-order valence-corrected chi connectivity index (χ0v) is 38.2. The third kappa shape index (κ3) is 5.65. The Morgan fingerprint density at radius 2 is 1.68 bits per heavy atom. The highest BCUT2D eigenvalue weighted by Gasteiger charge is 3.07. The number of phenols is 1. The summed E-state index contributed by atoms with van der Waals surface area (Å²) in [6.07, 6.45) is -10.8. The first-order valence-electron chi connectivity index (χ1n) is 22.3. The van der Waals surface area contributed by atoms with Crippen molar-refractivity contribution in [2.45, 2.75) is 183 Å². The molecule has 2 aromatic rings. The number of aliphatic hydroxyl groups excluding tert-OH is 1. The SMILES string of the molecule is COc1c2c(c(O)c3c4c(c(C)cc13)C1C3OC5([C@H](C)OC)OC15[C@]1(CO1)[C@]3(OC1CC(OC(C)=O)C(O)(C(C)C)C(C)O1)O4)C(=O)[C@@H](O)C[C@@H]2OC1CC(C)(O)C(OC(C)=O)C(C)O1. The minimum atomic E-state index is -1.86. The fourth-order valence-electron chi connectivity index (χ4n) is 12.6. The van der Waals surface area contributed by atoms with E-state index in [0.29, 0.717) is 16.5 Å². The lowest BCUT2D eigenvalue weighted by molar-refractivity contribution is -0.380. The molecule has 5 saturated heterocycles. The van der Waals surface area contributed by atoms with Gasteiger partial charge >= 0.3 is 11.9 Å². The predicted molar refractivity (Wildman–Crippen MR) is 219 cm³/mol. The number of methoxy groups -OCH3 is 2. The molecule has 6 fully saturated rings. The molecule has 6 heterocycles. The molecular weight excluding hydrogens is 856 g/mol. The first-order chi connectivity index (χ1) is 30.5. The molecule has 2 spiro atoms. The zero-order chi connectivity index (χ0) is 46.9. The Kier molecular flexibility index (Phi) is 9.98. The second kappa shape index (κ2) is 14.4. The highest BCUT2D eigenvalue weighted by atomic mass is 16.9. The van der Waals surface area contributed by atoms with E-state index < -0.39 is 125 Å². The molecule has 65 heavy (non-hydrogen) atoms. The van der Waals surface area contributed by atoms with E-state index in [2.05, 4.69) is 0 Å². The van der Waals surface area contributed by atoms with Crippen LogP contribution in [0, 0.1) is 12.8 Å². The number of ether oxygens (including phenoxy) is 12. The molecule has 6 aliphatic heterocycles. The molecule has 356 valence electrons. The number of phenolic OH excluding ortho intramolecular Hbond substituents is 1. The van der Waals surface area contributed by atoms with Gasteiger partial charge in [-0.2, -0.15) is 0 Å². The van der Waals surface area contributed by atoms with Crippen LogP contribution >= 0.6 is 0 Å². The third-order valence-corrected chi connectivity index (χ3v) is 15.6. The van der Waals surface area contributed by atoms with Crippen molar-refractivity contribution in [1.82, 2.24) is 0 Å². The molecule has 19 nitrogen and oxygen atoms in total. The van der Waals surface area contributed by atoms with Crippen LogP contribution in [0.15, 0.2) is 6.07 Å². The molecule has 0 radical (unpaired) electrons. The second-order valence-corrected chi connectivity index (χ2v) is 19.6. The van der Waals surface area contributed by atoms with E-state index in [9.17, 15) is 34.8 Å². The van der Waals surface area contributed by atoms with Gasteiger partial charge in [0.05, 0.1) is 48.9 Å². The van der Waals surface area contributed by atoms with Gasteiger partial charge in [-0.15, -0.1) is 0 Å². The van der Waals surface area contributed by atoms with Crippen LogP contribution in [0.25, 0.3) is 10.8 Å². The number of epoxide rings is 2. The number of Topliss-reactive ketones (excluding diaryl/α,β-unsaturated/α-hetero) is 1. The lowest BCUT2D eigenvalue weighted by Crippen LogP contribution is -2.68. The summed E-state index contributed by atoms with van der Waals surface area (Å²) in [5.41, 5.74) is -4.58. The summed E-state index contributed by atoms with van der Waals surface area (Å²) >= 11 is 0. The summed E-state index contributed by atoms with van der Waals surface area (Å²) in [5, 5.41) is 47.7. The number of aliphatic hydroxyl groups is 3. The number of aryl methyl sites for hydroxylation is 1. The number of carbonyl (C=O) groups excluding carboxylic acids is 3. The van der Waals surface area contributed by atoms with Gasteiger partial charge in [0.15, 0.2) is 35.7 Å². The summed E-state index contributed by atoms with van der Waals surface area (Å²) in [5.74, 6) is -6.46. The van der Waals surface area contributed by atoms with Crippen molar-refractivity contribution in [1.29, 1.82) is 0 Å². The van der Waals surface area contributed by atoms with E-state index in [-0.39, 0.29) is 59.8 Å². The molecule has 4 N–H and O–H groups in total. The fraction of sp³-hybridized carbons (Fsp3) is 0.717. The fourth-order valence-corrected chi connectivity index (χ4v) is 12.6. The quantitative estimate of drug-likeness (QED) is 0.198. The van der Waals surface area contributed by atoms with Gasteiger partial charge in [-0.25, -0.2) is 0 Å². The molecule has 10 rings (SSSR count). The van der Waals surface area contributed by atoms with E-state index in [1.807, 2.05) is 19.9 Å². The van der Waals surface area contributed by atoms with Crippen LogP contribution in [-0.2, 0) is 57.0 Å². The largest absolute Gasteiger partial charge is 0.506 e. The number of rotatable bonds is 10. The van der Waals surface area contributed by atoms with E-state index in [0.717, 1.165) is 0 Å². The molecule has 19 heteroatoms. The van der Waals surface area contributed by atoms with Crippen LogP contribution in [0.3, 0.4) is 0 Å². The van der Waals surface area contributed by atoms with Crippen LogP contribution in [0.2, 0.25) is 0 Å². The standard InChI is InChI=1S/C46H58O19/c1-17(2)43(53)20(5)58-28(14-27(43)59-22(7)47)62-46-40-34(44(42(46)16-56-42)45(64-40,65-44)21(6)54-10)30-18(3)12-24-31(38(30)63-46)36(51)33-32(37(24)55-11)26(13-25(49)35(33)50)61-29-15-41(9,52)39(19(4)57-29)60-23(8)48/h12,17,19-21,25-29,34,39-40,49,51-53H,13-16H2,1-11H3/t19?,20?,21-,25-,26-,27?,28?,29?,34?,39?,40?,41?,42+,43?,44?,45?,46+/m0/s1. The van der Waals surface area contributed by atoms with Gasteiger partial charge in [0.25, 0.3) is 5.79 Å². The normalized spacial score (nSPS) is 44.6. The maximum Gasteiger partial charge on any atom is 0.303 e. The molecule has 8 aliphatic rings. The number of ketones is 1. The van der Waals surface area contributed by atoms with Crippen LogP contribution < -0.4 is 9.47 Å². The summed E-state index contributed by atoms with van der Waals surface area (Å²) in [6.45, 7) is 14.7. The lowest BCUT2D eigenvalue weighted by atomic mass is 9.77. The van der Waals surface area contributed by atoms with Crippen molar-refractivity contribution < 1.29 is 91.7 Å². The average Bonchev–Trinajstić information content (AvgIpc) is 4.13. The molecule has 17 atom stereocenters. The lowest BCUT2D eigenvalue weighted by Gasteiger charge is -2.51. The van der Waals surface area contributed by atoms with Gasteiger partial charge in [-0.05, 0) is 52.2 Å². The van der Waals surface area contributed by atoms with Gasteiger partial charge in [0, 0.05) is 56.7 Å². The molecule has 2 aliphatic carbocycles. The van der Waals surface area contributed by atoms with Crippen molar-refractivity contribution in [2.75, 3.05) is 20.8 Å². The summed E-state index contributed by atoms with van der Waals surface area (Å²) < 4.78 is 76.5. The maximum atomic E-state index is 14.2. The molecule has 1 saturated carbocycles. The number of benzene rings is 2. The number of hydrogen-bond donors (Lipinski definition) is 4. The second-order valence-electron chi connectivity index (χ2n) is 19.6. The van der Waals surface area contributed by atoms with Crippen molar-refractivity contribution >= 4 is 28.5 Å². The van der Waals surface area contributed by atoms with Crippen LogP contribution in [-0.4, -0.2) is 148 Å². The average molecular weight is 915 g/mol. The van der Waals surface area contributed by atoms with Crippen molar-refractivity contribution in [3.05, 3.63) is 28.3 Å². The van der Waals surface area contributed by atoms with Gasteiger partial charge in [0.1, 0.15) is 52.9 Å².